The van der Waals surface area contributed by atoms with Crippen molar-refractivity contribution in [3.8, 4) is 0 Å². The highest BCUT2D eigenvalue weighted by atomic mass is 16.7. The van der Waals surface area contributed by atoms with Gasteiger partial charge >= 0.3 is 0 Å². The molecule has 0 aliphatic heterocycles. The second-order valence-electron chi connectivity index (χ2n) is 6.13. The molecule has 0 amide bonds. The Morgan fingerprint density at radius 3 is 3.05 bits per heavy atom. The maximum absolute atomic E-state index is 9.85. The molecule has 0 aromatic carbocycles. The predicted molar refractivity (Wildman–Crippen MR) is 82.1 cm³/mol. The first-order chi connectivity index (χ1) is 10.2. The van der Waals surface area contributed by atoms with Gasteiger partial charge in [0, 0.05) is 18.9 Å². The molecule has 0 radical (unpaired) electrons. The Bertz CT molecular complexity index is 366. The Kier molecular flexibility index (Phi) is 6.27. The van der Waals surface area contributed by atoms with Crippen LogP contribution >= 0.6 is 0 Å². The molecule has 0 aromatic rings. The molecule has 0 saturated heterocycles. The van der Waals surface area contributed by atoms with Gasteiger partial charge in [-0.05, 0) is 37.7 Å². The smallest absolute Gasteiger partial charge is 0.147 e. The third-order valence-corrected chi connectivity index (χ3v) is 4.96. The van der Waals surface area contributed by atoms with E-state index < -0.39 is 0 Å². The van der Waals surface area contributed by atoms with Crippen LogP contribution < -0.4 is 0 Å². The van der Waals surface area contributed by atoms with Crippen molar-refractivity contribution in [3.05, 3.63) is 24.5 Å². The van der Waals surface area contributed by atoms with Crippen LogP contribution in [0.4, 0.5) is 0 Å². The van der Waals surface area contributed by atoms with Gasteiger partial charge in [0.25, 0.3) is 0 Å². The van der Waals surface area contributed by atoms with Crippen LogP contribution in [0.2, 0.25) is 0 Å². The van der Waals surface area contributed by atoms with Gasteiger partial charge in [-0.15, -0.1) is 6.58 Å². The van der Waals surface area contributed by atoms with Gasteiger partial charge in [-0.3, -0.25) is 0 Å². The van der Waals surface area contributed by atoms with Crippen molar-refractivity contribution < 1.29 is 19.3 Å². The first-order valence-corrected chi connectivity index (χ1v) is 7.90. The van der Waals surface area contributed by atoms with Crippen molar-refractivity contribution >= 4 is 0 Å². The summed E-state index contributed by atoms with van der Waals surface area (Å²) in [7, 11) is 1.66. The lowest BCUT2D eigenvalue weighted by Gasteiger charge is -2.50. The Hall–Kier alpha value is -0.840. The van der Waals surface area contributed by atoms with Gasteiger partial charge in [-0.25, -0.2) is 0 Å². The summed E-state index contributed by atoms with van der Waals surface area (Å²) in [6.45, 7) is 5.39. The van der Waals surface area contributed by atoms with Gasteiger partial charge in [0.1, 0.15) is 6.79 Å². The van der Waals surface area contributed by atoms with Crippen LogP contribution in [-0.2, 0) is 14.2 Å². The summed E-state index contributed by atoms with van der Waals surface area (Å²) in [6.07, 6.45) is 10.1. The van der Waals surface area contributed by atoms with Crippen LogP contribution in [0.1, 0.15) is 38.5 Å². The SMILES string of the molecule is C=CC[C@@]12CC=C(O)C[C@H]1CCC[C@H]2OCOCCOC. The molecule has 2 aliphatic carbocycles. The molecule has 0 heterocycles. The number of aliphatic hydroxyl groups excluding tert-OH is 1. The van der Waals surface area contributed by atoms with Crippen LogP contribution in [-0.4, -0.2) is 38.3 Å². The summed E-state index contributed by atoms with van der Waals surface area (Å²) in [5.41, 5.74) is 0.0802. The first-order valence-electron chi connectivity index (χ1n) is 7.90. The van der Waals surface area contributed by atoms with Gasteiger partial charge in [0.15, 0.2) is 0 Å². The minimum Gasteiger partial charge on any atom is -0.513 e. The highest BCUT2D eigenvalue weighted by Gasteiger charge is 2.48. The summed E-state index contributed by atoms with van der Waals surface area (Å²) < 4.78 is 16.5. The molecule has 0 bridgehead atoms. The number of aliphatic hydroxyl groups is 1. The zero-order chi connectivity index (χ0) is 15.1. The molecule has 1 fully saturated rings. The van der Waals surface area contributed by atoms with Gasteiger partial charge < -0.3 is 19.3 Å². The summed E-state index contributed by atoms with van der Waals surface area (Å²) in [5.74, 6) is 1.02. The molecule has 2 rings (SSSR count). The molecule has 0 aromatic heterocycles. The summed E-state index contributed by atoms with van der Waals surface area (Å²) in [6, 6.07) is 0. The van der Waals surface area contributed by atoms with Crippen molar-refractivity contribution in [1.29, 1.82) is 0 Å². The summed E-state index contributed by atoms with van der Waals surface area (Å²) in [5, 5.41) is 9.85. The van der Waals surface area contributed by atoms with E-state index >= 15 is 0 Å². The van der Waals surface area contributed by atoms with Crippen LogP contribution in [0.15, 0.2) is 24.5 Å². The zero-order valence-corrected chi connectivity index (χ0v) is 13.1. The minimum atomic E-state index is 0.0802. The fourth-order valence-corrected chi connectivity index (χ4v) is 3.87. The summed E-state index contributed by atoms with van der Waals surface area (Å²) in [4.78, 5) is 0. The highest BCUT2D eigenvalue weighted by molar-refractivity contribution is 5.12. The molecule has 4 heteroatoms. The maximum atomic E-state index is 9.85. The van der Waals surface area contributed by atoms with E-state index in [1.165, 1.54) is 0 Å². The van der Waals surface area contributed by atoms with Crippen molar-refractivity contribution in [1.82, 2.24) is 0 Å². The van der Waals surface area contributed by atoms with E-state index in [1.807, 2.05) is 12.2 Å². The number of ether oxygens (including phenoxy) is 3. The van der Waals surface area contributed by atoms with E-state index in [4.69, 9.17) is 14.2 Å². The topological polar surface area (TPSA) is 47.9 Å². The van der Waals surface area contributed by atoms with Gasteiger partial charge in [0.05, 0.1) is 25.1 Å². The molecule has 120 valence electrons. The number of methoxy groups -OCH3 is 1. The Balaban J connectivity index is 1.99. The van der Waals surface area contributed by atoms with E-state index in [9.17, 15) is 5.11 Å². The molecule has 2 aliphatic rings. The Labute approximate surface area is 127 Å². The molecule has 4 nitrogen and oxygen atoms in total. The monoisotopic (exact) mass is 296 g/mol. The number of fused-ring (bicyclic) bond motifs is 1. The van der Waals surface area contributed by atoms with Crippen molar-refractivity contribution in [2.24, 2.45) is 11.3 Å². The molecular formula is C17H28O4. The molecule has 21 heavy (non-hydrogen) atoms. The lowest BCUT2D eigenvalue weighted by molar-refractivity contribution is -0.164. The zero-order valence-electron chi connectivity index (χ0n) is 13.1. The molecule has 1 N–H and O–H groups in total. The lowest BCUT2D eigenvalue weighted by Crippen LogP contribution is -2.47. The third kappa shape index (κ3) is 3.87. The van der Waals surface area contributed by atoms with Crippen LogP contribution in [0.5, 0.6) is 0 Å². The second kappa shape index (κ2) is 7.97. The Morgan fingerprint density at radius 2 is 2.29 bits per heavy atom. The predicted octanol–water partition coefficient (Wildman–Crippen LogP) is 3.59. The number of allylic oxidation sites excluding steroid dienone is 3. The number of hydrogen-bond acceptors (Lipinski definition) is 4. The first kappa shape index (κ1) is 16.5. The van der Waals surface area contributed by atoms with Gasteiger partial charge in [-0.1, -0.05) is 12.5 Å². The summed E-state index contributed by atoms with van der Waals surface area (Å²) >= 11 is 0. The lowest BCUT2D eigenvalue weighted by atomic mass is 9.58. The highest BCUT2D eigenvalue weighted by Crippen LogP contribution is 2.53. The molecule has 3 atom stereocenters. The average Bonchev–Trinajstić information content (AvgIpc) is 2.48. The quantitative estimate of drug-likeness (QED) is 0.422. The van der Waals surface area contributed by atoms with Crippen LogP contribution in [0, 0.1) is 11.3 Å². The second-order valence-corrected chi connectivity index (χ2v) is 6.13. The molecule has 1 saturated carbocycles. The average molecular weight is 296 g/mol. The van der Waals surface area contributed by atoms with Crippen LogP contribution in [0.3, 0.4) is 0 Å². The normalized spacial score (nSPS) is 32.3. The third-order valence-electron chi connectivity index (χ3n) is 4.96. The molecular weight excluding hydrogens is 268 g/mol. The minimum absolute atomic E-state index is 0.0802. The maximum Gasteiger partial charge on any atom is 0.147 e. The van der Waals surface area contributed by atoms with E-state index in [0.717, 1.165) is 38.5 Å². The van der Waals surface area contributed by atoms with Crippen molar-refractivity contribution in [2.45, 2.75) is 44.6 Å². The number of hydrogen-bond donors (Lipinski definition) is 1. The number of rotatable bonds is 8. The van der Waals surface area contributed by atoms with Gasteiger partial charge in [-0.2, -0.15) is 0 Å². The van der Waals surface area contributed by atoms with Crippen LogP contribution in [0.25, 0.3) is 0 Å². The largest absolute Gasteiger partial charge is 0.513 e. The standard InChI is InChI=1S/C17H28O4/c1-3-8-17-9-7-15(18)12-14(17)5-4-6-16(17)21-13-20-11-10-19-2/h3,7,14,16,18H,1,4-6,8-13H2,2H3/t14-,16-,17-/m1/s1. The van der Waals surface area contributed by atoms with E-state index in [-0.39, 0.29) is 11.5 Å². The van der Waals surface area contributed by atoms with Crippen molar-refractivity contribution in [2.75, 3.05) is 27.1 Å². The molecule has 0 unspecified atom stereocenters. The Morgan fingerprint density at radius 1 is 1.43 bits per heavy atom. The fraction of sp³-hybridized carbons (Fsp3) is 0.765. The molecule has 0 spiro atoms. The van der Waals surface area contributed by atoms with E-state index in [1.54, 1.807) is 7.11 Å². The van der Waals surface area contributed by atoms with E-state index in [2.05, 4.69) is 6.58 Å². The van der Waals surface area contributed by atoms with Gasteiger partial charge in [0.2, 0.25) is 0 Å². The van der Waals surface area contributed by atoms with Crippen molar-refractivity contribution in [3.63, 3.8) is 0 Å². The fourth-order valence-electron chi connectivity index (χ4n) is 3.87. The van der Waals surface area contributed by atoms with E-state index in [0.29, 0.717) is 31.7 Å².